The van der Waals surface area contributed by atoms with Crippen molar-refractivity contribution < 1.29 is 35.3 Å². The van der Waals surface area contributed by atoms with Crippen molar-refractivity contribution in [3.63, 3.8) is 0 Å². The first kappa shape index (κ1) is 26.2. The van der Waals surface area contributed by atoms with Gasteiger partial charge in [0.05, 0.1) is 39.1 Å². The van der Waals surface area contributed by atoms with Crippen LogP contribution in [0.25, 0.3) is 55.7 Å². The number of fused-ring (bicyclic) bond motifs is 8. The average Bonchev–Trinajstić information content (AvgIpc) is 3.61. The van der Waals surface area contributed by atoms with Gasteiger partial charge in [-0.05, 0) is 65.0 Å². The van der Waals surface area contributed by atoms with Crippen molar-refractivity contribution >= 4 is 49.9 Å². The molecule has 0 aliphatic heterocycles. The van der Waals surface area contributed by atoms with Crippen LogP contribution in [0.15, 0.2) is 89.5 Å². The van der Waals surface area contributed by atoms with E-state index < -0.39 is 0 Å². The summed E-state index contributed by atoms with van der Waals surface area (Å²) in [7, 11) is 0. The molecule has 8 aromatic rings. The van der Waals surface area contributed by atoms with Gasteiger partial charge >= 0.3 is 0 Å². The maximum absolute atomic E-state index is 10.5. The summed E-state index contributed by atoms with van der Waals surface area (Å²) in [5, 5.41) is 11.6. The zero-order chi connectivity index (χ0) is 27.9. The molecule has 3 aromatic carbocycles. The van der Waals surface area contributed by atoms with E-state index in [9.17, 15) is 5.11 Å². The first-order valence-corrected chi connectivity index (χ1v) is 13.4. The fourth-order valence-electron chi connectivity index (χ4n) is 5.43. The van der Waals surface area contributed by atoms with Crippen LogP contribution in [0.1, 0.15) is 26.3 Å². The molecule has 9 heteroatoms. The van der Waals surface area contributed by atoms with E-state index in [4.69, 9.17) is 19.1 Å². The molecule has 42 heavy (non-hydrogen) atoms. The SMILES string of the molecule is CC(C)(C)c1cc(Oc2[c-]c3c(nc2)oc2cccc(O)c23)nc(-n2c3ccccc3n3c4ccccc4nc23)c1.[Pt]. The van der Waals surface area contributed by atoms with Crippen molar-refractivity contribution in [1.82, 2.24) is 23.9 Å². The number of nitrogens with zero attached hydrogens (tertiary/aromatic N) is 5. The maximum atomic E-state index is 10.5. The van der Waals surface area contributed by atoms with Crippen molar-refractivity contribution in [2.45, 2.75) is 26.2 Å². The molecule has 1 N–H and O–H groups in total. The van der Waals surface area contributed by atoms with E-state index in [1.807, 2.05) is 36.4 Å². The first-order chi connectivity index (χ1) is 19.8. The number of phenolic OH excluding ortho intramolecular Hbond substituents is 1. The molecule has 8 rings (SSSR count). The number of furan rings is 1. The molecule has 0 radical (unpaired) electrons. The normalized spacial score (nSPS) is 12.1. The van der Waals surface area contributed by atoms with Crippen LogP contribution in [0.4, 0.5) is 0 Å². The quantitative estimate of drug-likeness (QED) is 0.187. The minimum atomic E-state index is -0.187. The van der Waals surface area contributed by atoms with E-state index in [1.165, 1.54) is 0 Å². The molecular weight excluding hydrogens is 709 g/mol. The van der Waals surface area contributed by atoms with Crippen LogP contribution in [-0.4, -0.2) is 29.0 Å². The molecule has 0 amide bonds. The summed E-state index contributed by atoms with van der Waals surface area (Å²) < 4.78 is 16.3. The fourth-order valence-corrected chi connectivity index (χ4v) is 5.43. The monoisotopic (exact) mass is 733 g/mol. The van der Waals surface area contributed by atoms with Gasteiger partial charge in [0.2, 0.25) is 11.7 Å². The molecule has 8 nitrogen and oxygen atoms in total. The summed E-state index contributed by atoms with van der Waals surface area (Å²) >= 11 is 0. The Morgan fingerprint density at radius 2 is 1.64 bits per heavy atom. The van der Waals surface area contributed by atoms with Crippen LogP contribution in [0.2, 0.25) is 0 Å². The second kappa shape index (κ2) is 9.43. The van der Waals surface area contributed by atoms with Crippen molar-refractivity contribution in [3.8, 4) is 23.2 Å². The van der Waals surface area contributed by atoms with E-state index in [0.29, 0.717) is 39.5 Å². The Morgan fingerprint density at radius 3 is 2.45 bits per heavy atom. The molecule has 0 fully saturated rings. The van der Waals surface area contributed by atoms with E-state index in [1.54, 1.807) is 24.4 Å². The molecule has 5 aromatic heterocycles. The number of pyridine rings is 2. The van der Waals surface area contributed by atoms with E-state index in [-0.39, 0.29) is 32.2 Å². The molecule has 0 spiro atoms. The molecule has 0 saturated heterocycles. The summed E-state index contributed by atoms with van der Waals surface area (Å²) in [6.07, 6.45) is 1.55. The van der Waals surface area contributed by atoms with Crippen molar-refractivity contribution in [2.75, 3.05) is 0 Å². The number of aromatic hydroxyl groups is 1. The molecule has 0 atom stereocenters. The fraction of sp³-hybridized carbons (Fsp3) is 0.121. The van der Waals surface area contributed by atoms with Crippen LogP contribution < -0.4 is 4.74 Å². The standard InChI is InChI=1S/C33H24N5O3.Pt/c1-33(2,3)19-15-28(38-25-12-7-6-11-24(25)37-23-10-5-4-9-22(23)35-32(37)38)36-29(16-19)40-20-17-21-30-26(39)13-8-14-27(30)41-31(21)34-18-20;/h4-16,18,39H,1-3H3;/q-1;. The third-order valence-electron chi connectivity index (χ3n) is 7.43. The molecule has 0 aliphatic rings. The molecule has 0 aliphatic carbocycles. The van der Waals surface area contributed by atoms with Gasteiger partial charge in [-0.3, -0.25) is 8.97 Å². The third kappa shape index (κ3) is 3.97. The Bertz CT molecular complexity index is 2310. The van der Waals surface area contributed by atoms with Gasteiger partial charge in [0.15, 0.2) is 0 Å². The minimum absolute atomic E-state index is 0. The number of rotatable bonds is 3. The zero-order valence-corrected chi connectivity index (χ0v) is 25.2. The number of hydrogen-bond acceptors (Lipinski definition) is 6. The van der Waals surface area contributed by atoms with Gasteiger partial charge in [-0.1, -0.05) is 62.6 Å². The number of hydrogen-bond donors (Lipinski definition) is 1. The molecular formula is C33H24N5O3Pt-. The van der Waals surface area contributed by atoms with Crippen LogP contribution in [-0.2, 0) is 26.5 Å². The number of phenols is 1. The predicted octanol–water partition coefficient (Wildman–Crippen LogP) is 7.71. The van der Waals surface area contributed by atoms with Crippen molar-refractivity contribution in [2.24, 2.45) is 0 Å². The van der Waals surface area contributed by atoms with Crippen molar-refractivity contribution in [1.29, 1.82) is 0 Å². The number of para-hydroxylation sites is 4. The Hall–Kier alpha value is -4.68. The summed E-state index contributed by atoms with van der Waals surface area (Å²) in [5.74, 6) is 2.32. The summed E-state index contributed by atoms with van der Waals surface area (Å²) in [6.45, 7) is 6.47. The Balaban J connectivity index is 0.00000288. The van der Waals surface area contributed by atoms with Gasteiger partial charge in [-0.15, -0.1) is 0 Å². The van der Waals surface area contributed by atoms with Crippen molar-refractivity contribution in [3.05, 3.63) is 96.7 Å². The molecule has 0 saturated carbocycles. The first-order valence-electron chi connectivity index (χ1n) is 13.4. The third-order valence-corrected chi connectivity index (χ3v) is 7.43. The number of imidazole rings is 2. The molecule has 210 valence electrons. The number of aromatic nitrogens is 5. The van der Waals surface area contributed by atoms with Gasteiger partial charge in [-0.2, -0.15) is 4.98 Å². The van der Waals surface area contributed by atoms with Gasteiger partial charge in [0.25, 0.3) is 0 Å². The topological polar surface area (TPSA) is 90.6 Å². The summed E-state index contributed by atoms with van der Waals surface area (Å²) in [4.78, 5) is 14.4. The second-order valence-corrected chi connectivity index (χ2v) is 11.1. The number of benzene rings is 3. The molecule has 5 heterocycles. The van der Waals surface area contributed by atoms with Crippen LogP contribution in [0, 0.1) is 6.07 Å². The largest absolute Gasteiger partial charge is 0.517 e. The van der Waals surface area contributed by atoms with E-state index in [2.05, 4.69) is 65.1 Å². The van der Waals surface area contributed by atoms with E-state index in [0.717, 1.165) is 33.4 Å². The number of ether oxygens (including phenoxy) is 1. The smallest absolute Gasteiger partial charge is 0.221 e. The molecule has 0 unspecified atom stereocenters. The summed E-state index contributed by atoms with van der Waals surface area (Å²) in [6, 6.07) is 28.7. The van der Waals surface area contributed by atoms with Gasteiger partial charge < -0.3 is 19.2 Å². The Morgan fingerprint density at radius 1 is 0.881 bits per heavy atom. The van der Waals surface area contributed by atoms with Gasteiger partial charge in [0, 0.05) is 27.1 Å². The zero-order valence-electron chi connectivity index (χ0n) is 22.9. The molecule has 0 bridgehead atoms. The second-order valence-electron chi connectivity index (χ2n) is 11.1. The Kier molecular flexibility index (Phi) is 5.89. The van der Waals surface area contributed by atoms with Gasteiger partial charge in [-0.25, -0.2) is 4.98 Å². The van der Waals surface area contributed by atoms with Crippen LogP contribution in [0.3, 0.4) is 0 Å². The maximum Gasteiger partial charge on any atom is 0.221 e. The predicted molar refractivity (Wildman–Crippen MR) is 158 cm³/mol. The average molecular weight is 734 g/mol. The van der Waals surface area contributed by atoms with E-state index >= 15 is 0 Å². The summed E-state index contributed by atoms with van der Waals surface area (Å²) in [5.41, 5.74) is 5.74. The van der Waals surface area contributed by atoms with Crippen LogP contribution >= 0.6 is 0 Å². The van der Waals surface area contributed by atoms with Crippen LogP contribution in [0.5, 0.6) is 17.4 Å². The Labute approximate surface area is 254 Å². The van der Waals surface area contributed by atoms with Gasteiger partial charge in [0.1, 0.15) is 11.5 Å². The minimum Gasteiger partial charge on any atom is -0.517 e.